The molecule has 0 radical (unpaired) electrons. The summed E-state index contributed by atoms with van der Waals surface area (Å²) in [6.07, 6.45) is 0. The lowest BCUT2D eigenvalue weighted by atomic mass is 10.1. The minimum absolute atomic E-state index is 0.148. The summed E-state index contributed by atoms with van der Waals surface area (Å²) in [5, 5.41) is 12.7. The van der Waals surface area contributed by atoms with Crippen LogP contribution in [0.4, 0.5) is 5.13 Å². The van der Waals surface area contributed by atoms with Crippen molar-refractivity contribution in [3.05, 3.63) is 42.5 Å². The molecule has 0 fully saturated rings. The van der Waals surface area contributed by atoms with Crippen LogP contribution in [-0.2, 0) is 14.8 Å². The number of fused-ring (bicyclic) bond motifs is 1. The maximum Gasteiger partial charge on any atom is 0.243 e. The molecule has 3 aromatic rings. The van der Waals surface area contributed by atoms with Gasteiger partial charge in [-0.05, 0) is 28.8 Å². The van der Waals surface area contributed by atoms with Crippen molar-refractivity contribution in [1.82, 2.24) is 14.5 Å². The molecule has 0 aliphatic rings. The number of aromatic nitrogens is 2. The molecule has 0 spiro atoms. The van der Waals surface area contributed by atoms with E-state index >= 15 is 0 Å². The Labute approximate surface area is 178 Å². The Morgan fingerprint density at radius 1 is 1.17 bits per heavy atom. The van der Waals surface area contributed by atoms with Gasteiger partial charge in [-0.1, -0.05) is 67.3 Å². The Morgan fingerprint density at radius 2 is 1.90 bits per heavy atom. The molecule has 0 atom stereocenters. The molecule has 0 aliphatic carbocycles. The Morgan fingerprint density at radius 3 is 2.62 bits per heavy atom. The average Bonchev–Trinajstić information content (AvgIpc) is 3.13. The van der Waals surface area contributed by atoms with Crippen LogP contribution >= 0.6 is 23.1 Å². The highest BCUT2D eigenvalue weighted by molar-refractivity contribution is 8.01. The number of hydrogen-bond acceptors (Lipinski definition) is 7. The zero-order valence-corrected chi connectivity index (χ0v) is 18.8. The summed E-state index contributed by atoms with van der Waals surface area (Å²) in [4.78, 5) is 12.5. The number of nitrogens with one attached hydrogen (secondary N) is 1. The van der Waals surface area contributed by atoms with E-state index in [1.54, 1.807) is 30.0 Å². The maximum absolute atomic E-state index is 12.8. The van der Waals surface area contributed by atoms with E-state index in [1.807, 2.05) is 24.3 Å². The average molecular weight is 451 g/mol. The third kappa shape index (κ3) is 5.53. The van der Waals surface area contributed by atoms with Crippen LogP contribution in [0.15, 0.2) is 51.7 Å². The Balaban J connectivity index is 1.65. The first-order chi connectivity index (χ1) is 13.8. The van der Waals surface area contributed by atoms with Crippen molar-refractivity contribution in [2.45, 2.75) is 23.1 Å². The summed E-state index contributed by atoms with van der Waals surface area (Å²) in [5.41, 5.74) is 0. The third-order valence-electron chi connectivity index (χ3n) is 3.99. The number of carbonyl (C=O) groups excluding carboxylic acids is 1. The van der Waals surface area contributed by atoms with Crippen LogP contribution in [0, 0.1) is 5.92 Å². The number of amides is 1. The second-order valence-corrected chi connectivity index (χ2v) is 11.2. The molecule has 1 N–H and O–H groups in total. The van der Waals surface area contributed by atoms with Crippen molar-refractivity contribution in [3.8, 4) is 0 Å². The van der Waals surface area contributed by atoms with E-state index in [4.69, 9.17) is 0 Å². The maximum atomic E-state index is 12.8. The predicted octanol–water partition coefficient (Wildman–Crippen LogP) is 3.70. The monoisotopic (exact) mass is 450 g/mol. The SMILES string of the molecule is CC(C)CSc1nnc(NC(=O)CN(C)S(=O)(=O)c2ccc3ccccc3c2)s1. The van der Waals surface area contributed by atoms with E-state index in [0.717, 1.165) is 25.2 Å². The van der Waals surface area contributed by atoms with Gasteiger partial charge in [-0.2, -0.15) is 4.31 Å². The Hall–Kier alpha value is -2.01. The lowest BCUT2D eigenvalue weighted by Gasteiger charge is -2.16. The number of sulfonamides is 1. The van der Waals surface area contributed by atoms with Crippen LogP contribution < -0.4 is 5.32 Å². The first-order valence-corrected chi connectivity index (χ1v) is 12.2. The van der Waals surface area contributed by atoms with Crippen LogP contribution in [0.5, 0.6) is 0 Å². The molecule has 7 nitrogen and oxygen atoms in total. The van der Waals surface area contributed by atoms with Crippen LogP contribution in [-0.4, -0.2) is 48.2 Å². The van der Waals surface area contributed by atoms with E-state index in [9.17, 15) is 13.2 Å². The highest BCUT2D eigenvalue weighted by Gasteiger charge is 2.23. The van der Waals surface area contributed by atoms with Gasteiger partial charge in [0.15, 0.2) is 4.34 Å². The summed E-state index contributed by atoms with van der Waals surface area (Å²) >= 11 is 2.86. The zero-order chi connectivity index (χ0) is 21.0. The van der Waals surface area contributed by atoms with E-state index in [-0.39, 0.29) is 11.4 Å². The smallest absolute Gasteiger partial charge is 0.243 e. The summed E-state index contributed by atoms with van der Waals surface area (Å²) in [6, 6.07) is 12.4. The summed E-state index contributed by atoms with van der Waals surface area (Å²) in [5.74, 6) is 0.972. The highest BCUT2D eigenvalue weighted by Crippen LogP contribution is 2.27. The number of nitrogens with zero attached hydrogens (tertiary/aromatic N) is 3. The largest absolute Gasteiger partial charge is 0.299 e. The first kappa shape index (κ1) is 21.7. The van der Waals surface area contributed by atoms with Crippen molar-refractivity contribution in [1.29, 1.82) is 0 Å². The van der Waals surface area contributed by atoms with E-state index in [2.05, 4.69) is 29.4 Å². The number of likely N-dealkylation sites (N-methyl/N-ethyl adjacent to an activating group) is 1. The van der Waals surface area contributed by atoms with E-state index < -0.39 is 15.9 Å². The minimum Gasteiger partial charge on any atom is -0.299 e. The zero-order valence-electron chi connectivity index (χ0n) is 16.3. The second kappa shape index (κ2) is 9.21. The van der Waals surface area contributed by atoms with Gasteiger partial charge in [-0.15, -0.1) is 10.2 Å². The number of benzene rings is 2. The second-order valence-electron chi connectivity index (χ2n) is 6.90. The van der Waals surface area contributed by atoms with Gasteiger partial charge < -0.3 is 0 Å². The molecule has 0 saturated heterocycles. The number of rotatable bonds is 8. The minimum atomic E-state index is -3.79. The molecule has 10 heteroatoms. The molecule has 0 bridgehead atoms. The summed E-state index contributed by atoms with van der Waals surface area (Å²) in [6.45, 7) is 3.91. The molecule has 0 unspecified atom stereocenters. The Kier molecular flexibility index (Phi) is 6.89. The van der Waals surface area contributed by atoms with Gasteiger partial charge in [-0.25, -0.2) is 8.42 Å². The number of hydrogen-bond donors (Lipinski definition) is 1. The van der Waals surface area contributed by atoms with Crippen molar-refractivity contribution < 1.29 is 13.2 Å². The van der Waals surface area contributed by atoms with Gasteiger partial charge in [0.1, 0.15) is 0 Å². The van der Waals surface area contributed by atoms with Crippen molar-refractivity contribution >= 4 is 54.9 Å². The molecule has 1 heterocycles. The first-order valence-electron chi connectivity index (χ1n) is 8.97. The van der Waals surface area contributed by atoms with Gasteiger partial charge in [0.05, 0.1) is 11.4 Å². The quantitative estimate of drug-likeness (QED) is 0.416. The number of carbonyl (C=O) groups is 1. The normalized spacial score (nSPS) is 12.0. The van der Waals surface area contributed by atoms with E-state index in [1.165, 1.54) is 18.4 Å². The van der Waals surface area contributed by atoms with Crippen LogP contribution in [0.3, 0.4) is 0 Å². The van der Waals surface area contributed by atoms with Gasteiger partial charge in [-0.3, -0.25) is 10.1 Å². The fourth-order valence-corrected chi connectivity index (χ4v) is 5.42. The molecular formula is C19H22N4O3S3. The van der Waals surface area contributed by atoms with Crippen molar-refractivity contribution in [2.75, 3.05) is 24.7 Å². The predicted molar refractivity (Wildman–Crippen MR) is 118 cm³/mol. The topological polar surface area (TPSA) is 92.3 Å². The summed E-state index contributed by atoms with van der Waals surface area (Å²) in [7, 11) is -2.41. The molecule has 3 rings (SSSR count). The fraction of sp³-hybridized carbons (Fsp3) is 0.316. The molecule has 1 aromatic heterocycles. The van der Waals surface area contributed by atoms with Gasteiger partial charge >= 0.3 is 0 Å². The van der Waals surface area contributed by atoms with Gasteiger partial charge in [0.25, 0.3) is 0 Å². The van der Waals surface area contributed by atoms with Crippen LogP contribution in [0.2, 0.25) is 0 Å². The molecule has 1 amide bonds. The molecule has 0 aliphatic heterocycles. The fourth-order valence-electron chi connectivity index (χ4n) is 2.51. The van der Waals surface area contributed by atoms with Crippen molar-refractivity contribution in [3.63, 3.8) is 0 Å². The van der Waals surface area contributed by atoms with Crippen LogP contribution in [0.25, 0.3) is 10.8 Å². The molecule has 154 valence electrons. The molecule has 0 saturated carbocycles. The number of anilines is 1. The standard InChI is InChI=1S/C19H22N4O3S3/c1-13(2)12-27-19-22-21-18(28-19)20-17(24)11-23(3)29(25,26)16-9-8-14-6-4-5-7-15(14)10-16/h4-10,13H,11-12H2,1-3H3,(H,20,21,24). The number of thioether (sulfide) groups is 1. The molecule has 2 aromatic carbocycles. The lowest BCUT2D eigenvalue weighted by Crippen LogP contribution is -2.34. The third-order valence-corrected chi connectivity index (χ3v) is 8.19. The van der Waals surface area contributed by atoms with Gasteiger partial charge in [0.2, 0.25) is 21.1 Å². The van der Waals surface area contributed by atoms with E-state index in [0.29, 0.717) is 11.0 Å². The lowest BCUT2D eigenvalue weighted by molar-refractivity contribution is -0.116. The summed E-state index contributed by atoms with van der Waals surface area (Å²) < 4.78 is 27.5. The highest BCUT2D eigenvalue weighted by atomic mass is 32.2. The van der Waals surface area contributed by atoms with Gasteiger partial charge in [0, 0.05) is 12.8 Å². The molecule has 29 heavy (non-hydrogen) atoms. The Bertz CT molecular complexity index is 1110. The van der Waals surface area contributed by atoms with Crippen LogP contribution in [0.1, 0.15) is 13.8 Å². The molecular weight excluding hydrogens is 428 g/mol. The van der Waals surface area contributed by atoms with Crippen molar-refractivity contribution in [2.24, 2.45) is 5.92 Å².